The highest BCUT2D eigenvalue weighted by molar-refractivity contribution is 7.15. The van der Waals surface area contributed by atoms with Crippen LogP contribution in [0.3, 0.4) is 0 Å². The zero-order chi connectivity index (χ0) is 11.5. The normalized spacial score (nSPS) is 22.3. The summed E-state index contributed by atoms with van der Waals surface area (Å²) < 4.78 is 0. The smallest absolute Gasteiger partial charge is 0.208 e. The third kappa shape index (κ3) is 2.71. The van der Waals surface area contributed by atoms with Crippen LogP contribution in [-0.4, -0.2) is 48.3 Å². The highest BCUT2D eigenvalue weighted by atomic mass is 32.1. The molecule has 0 aliphatic carbocycles. The minimum Gasteiger partial charge on any atom is -0.348 e. The molecule has 1 aliphatic rings. The summed E-state index contributed by atoms with van der Waals surface area (Å²) in [7, 11) is 4.34. The van der Waals surface area contributed by atoms with Crippen molar-refractivity contribution in [3.63, 3.8) is 0 Å². The molecule has 1 aromatic rings. The Bertz CT molecular complexity index is 338. The van der Waals surface area contributed by atoms with E-state index in [2.05, 4.69) is 34.1 Å². The molecule has 0 aromatic carbocycles. The van der Waals surface area contributed by atoms with Gasteiger partial charge in [-0.3, -0.25) is 0 Å². The summed E-state index contributed by atoms with van der Waals surface area (Å²) >= 11 is 1.67. The molecular formula is C11H20N4S. The van der Waals surface area contributed by atoms with Gasteiger partial charge in [-0.2, -0.15) is 0 Å². The van der Waals surface area contributed by atoms with E-state index in [1.807, 2.05) is 6.92 Å². The number of rotatable bonds is 3. The molecule has 2 rings (SSSR count). The number of likely N-dealkylation sites (N-methyl/N-ethyl adjacent to an activating group) is 2. The first-order valence-electron chi connectivity index (χ1n) is 5.88. The third-order valence-electron chi connectivity index (χ3n) is 3.25. The Morgan fingerprint density at radius 1 is 1.44 bits per heavy atom. The minimum atomic E-state index is 0.669. The fraction of sp³-hybridized carbons (Fsp3) is 0.818. The number of anilines is 1. The average Bonchev–Trinajstić information content (AvgIpc) is 2.68. The average molecular weight is 240 g/mol. The van der Waals surface area contributed by atoms with Crippen molar-refractivity contribution in [3.05, 3.63) is 5.01 Å². The van der Waals surface area contributed by atoms with Crippen LogP contribution in [0.25, 0.3) is 0 Å². The van der Waals surface area contributed by atoms with Crippen molar-refractivity contribution < 1.29 is 0 Å². The summed E-state index contributed by atoms with van der Waals surface area (Å²) in [5, 5.41) is 10.3. The molecule has 1 aliphatic heterocycles. The van der Waals surface area contributed by atoms with Gasteiger partial charge in [-0.15, -0.1) is 10.2 Å². The molecule has 2 heterocycles. The second-order valence-corrected chi connectivity index (χ2v) is 5.77. The van der Waals surface area contributed by atoms with Crippen molar-refractivity contribution in [1.82, 2.24) is 15.1 Å². The minimum absolute atomic E-state index is 0.669. The van der Waals surface area contributed by atoms with Crippen LogP contribution >= 0.6 is 11.3 Å². The molecule has 16 heavy (non-hydrogen) atoms. The fourth-order valence-corrected chi connectivity index (χ4v) is 2.87. The molecule has 0 amide bonds. The van der Waals surface area contributed by atoms with E-state index < -0.39 is 0 Å². The fourth-order valence-electron chi connectivity index (χ4n) is 2.21. The first-order valence-corrected chi connectivity index (χ1v) is 6.70. The molecule has 0 N–H and O–H groups in total. The van der Waals surface area contributed by atoms with Crippen molar-refractivity contribution in [3.8, 4) is 0 Å². The summed E-state index contributed by atoms with van der Waals surface area (Å²) in [4.78, 5) is 4.70. The van der Waals surface area contributed by atoms with Crippen molar-refractivity contribution in [2.24, 2.45) is 0 Å². The standard InChI is InChI=1S/C11H20N4S/c1-9-12-13-11(16-9)15(3)8-10-6-4-5-7-14(10)2/h10H,4-8H2,1-3H3/t10-/m0/s1. The van der Waals surface area contributed by atoms with Crippen LogP contribution in [-0.2, 0) is 0 Å². The largest absolute Gasteiger partial charge is 0.348 e. The van der Waals surface area contributed by atoms with Crippen LogP contribution in [0.5, 0.6) is 0 Å². The molecule has 1 aromatic heterocycles. The van der Waals surface area contributed by atoms with E-state index in [9.17, 15) is 0 Å². The van der Waals surface area contributed by atoms with Crippen LogP contribution < -0.4 is 4.90 Å². The van der Waals surface area contributed by atoms with E-state index in [1.165, 1.54) is 25.8 Å². The summed E-state index contributed by atoms with van der Waals surface area (Å²) in [6.07, 6.45) is 4.01. The number of likely N-dealkylation sites (tertiary alicyclic amines) is 1. The summed E-state index contributed by atoms with van der Waals surface area (Å²) in [5.41, 5.74) is 0. The molecule has 1 saturated heterocycles. The van der Waals surface area contributed by atoms with Gasteiger partial charge in [-0.25, -0.2) is 0 Å². The van der Waals surface area contributed by atoms with E-state index in [0.717, 1.165) is 16.7 Å². The lowest BCUT2D eigenvalue weighted by molar-refractivity contribution is 0.189. The molecule has 0 spiro atoms. The number of nitrogens with zero attached hydrogens (tertiary/aromatic N) is 4. The molecule has 0 bridgehead atoms. The SMILES string of the molecule is Cc1nnc(N(C)C[C@@H]2CCCCN2C)s1. The predicted molar refractivity (Wildman–Crippen MR) is 68.2 cm³/mol. The quantitative estimate of drug-likeness (QED) is 0.806. The molecule has 5 heteroatoms. The van der Waals surface area contributed by atoms with Gasteiger partial charge >= 0.3 is 0 Å². The number of aromatic nitrogens is 2. The summed E-state index contributed by atoms with van der Waals surface area (Å²) in [6.45, 7) is 4.29. The van der Waals surface area contributed by atoms with Crippen LogP contribution in [0, 0.1) is 6.92 Å². The Hall–Kier alpha value is -0.680. The molecule has 0 unspecified atom stereocenters. The Kier molecular flexibility index (Phi) is 3.76. The third-order valence-corrected chi connectivity index (χ3v) is 4.20. The van der Waals surface area contributed by atoms with Crippen LogP contribution in [0.15, 0.2) is 0 Å². The topological polar surface area (TPSA) is 32.3 Å². The van der Waals surface area contributed by atoms with E-state index >= 15 is 0 Å². The highest BCUT2D eigenvalue weighted by Crippen LogP contribution is 2.21. The number of aryl methyl sites for hydroxylation is 1. The van der Waals surface area contributed by atoms with Gasteiger partial charge in [0.2, 0.25) is 5.13 Å². The van der Waals surface area contributed by atoms with E-state index in [4.69, 9.17) is 0 Å². The number of hydrogen-bond acceptors (Lipinski definition) is 5. The first-order chi connectivity index (χ1) is 7.66. The van der Waals surface area contributed by atoms with Gasteiger partial charge in [0.15, 0.2) is 0 Å². The van der Waals surface area contributed by atoms with Crippen LogP contribution in [0.2, 0.25) is 0 Å². The van der Waals surface area contributed by atoms with Crippen molar-refractivity contribution >= 4 is 16.5 Å². The summed E-state index contributed by atoms with van der Waals surface area (Å²) in [5.74, 6) is 0. The lowest BCUT2D eigenvalue weighted by atomic mass is 10.0. The van der Waals surface area contributed by atoms with Crippen molar-refractivity contribution in [2.45, 2.75) is 32.2 Å². The highest BCUT2D eigenvalue weighted by Gasteiger charge is 2.21. The van der Waals surface area contributed by atoms with Gasteiger partial charge in [-0.05, 0) is 33.4 Å². The van der Waals surface area contributed by atoms with Gasteiger partial charge in [0.05, 0.1) is 0 Å². The van der Waals surface area contributed by atoms with Crippen molar-refractivity contribution in [2.75, 3.05) is 32.1 Å². The predicted octanol–water partition coefficient (Wildman–Crippen LogP) is 1.77. The Morgan fingerprint density at radius 2 is 2.25 bits per heavy atom. The lowest BCUT2D eigenvalue weighted by Gasteiger charge is -2.34. The van der Waals surface area contributed by atoms with Gasteiger partial charge in [0.25, 0.3) is 0 Å². The van der Waals surface area contributed by atoms with Crippen molar-refractivity contribution in [1.29, 1.82) is 0 Å². The number of piperidine rings is 1. The zero-order valence-corrected chi connectivity index (χ0v) is 11.1. The maximum Gasteiger partial charge on any atom is 0.208 e. The van der Waals surface area contributed by atoms with Crippen LogP contribution in [0.1, 0.15) is 24.3 Å². The zero-order valence-electron chi connectivity index (χ0n) is 10.3. The van der Waals surface area contributed by atoms with Crippen LogP contribution in [0.4, 0.5) is 5.13 Å². The van der Waals surface area contributed by atoms with E-state index in [1.54, 1.807) is 11.3 Å². The second-order valence-electron chi connectivity index (χ2n) is 4.61. The lowest BCUT2D eigenvalue weighted by Crippen LogP contribution is -2.43. The molecule has 0 radical (unpaired) electrons. The first kappa shape index (κ1) is 11.8. The maximum atomic E-state index is 4.18. The molecule has 0 saturated carbocycles. The van der Waals surface area contributed by atoms with E-state index in [0.29, 0.717) is 6.04 Å². The summed E-state index contributed by atoms with van der Waals surface area (Å²) in [6, 6.07) is 0.669. The molecule has 90 valence electrons. The van der Waals surface area contributed by atoms with Gasteiger partial charge in [0, 0.05) is 19.6 Å². The Balaban J connectivity index is 1.93. The molecule has 1 fully saturated rings. The monoisotopic (exact) mass is 240 g/mol. The molecule has 1 atom stereocenters. The van der Waals surface area contributed by atoms with Gasteiger partial charge < -0.3 is 9.80 Å². The Morgan fingerprint density at radius 3 is 2.88 bits per heavy atom. The Labute approximate surface area is 101 Å². The molecular weight excluding hydrogens is 220 g/mol. The van der Waals surface area contributed by atoms with Gasteiger partial charge in [-0.1, -0.05) is 17.8 Å². The maximum absolute atomic E-state index is 4.18. The number of hydrogen-bond donors (Lipinski definition) is 0. The second kappa shape index (κ2) is 5.10. The van der Waals surface area contributed by atoms with E-state index in [-0.39, 0.29) is 0 Å². The van der Waals surface area contributed by atoms with Gasteiger partial charge in [0.1, 0.15) is 5.01 Å². The molecule has 4 nitrogen and oxygen atoms in total.